The summed E-state index contributed by atoms with van der Waals surface area (Å²) in [7, 11) is 0. The first-order chi connectivity index (χ1) is 11.8. The average Bonchev–Trinajstić information content (AvgIpc) is 2.61. The Balaban J connectivity index is 1.62. The molecule has 0 N–H and O–H groups in total. The molecule has 132 valence electrons. The molecule has 3 rings (SSSR count). The molecule has 1 fully saturated rings. The molecule has 1 aromatic carbocycles. The Kier molecular flexibility index (Phi) is 4.43. The highest BCUT2D eigenvalue weighted by Gasteiger charge is 2.33. The summed E-state index contributed by atoms with van der Waals surface area (Å²) in [6.07, 6.45) is -4.50. The molecule has 7 nitrogen and oxygen atoms in total. The highest BCUT2D eigenvalue weighted by Crippen LogP contribution is 2.28. The standard InChI is InChI=1S/C15H14F3N5O2/c16-15(17,18)13-5-6-14(20-19-13)22-9-7-21(8-10-22)11-1-3-12(4-2-11)23(24)25/h1-6H,7-10H2. The van der Waals surface area contributed by atoms with Gasteiger partial charge >= 0.3 is 6.18 Å². The summed E-state index contributed by atoms with van der Waals surface area (Å²) in [6.45, 7) is 2.38. The van der Waals surface area contributed by atoms with Crippen molar-refractivity contribution in [1.82, 2.24) is 10.2 Å². The van der Waals surface area contributed by atoms with Gasteiger partial charge in [0.05, 0.1) is 4.92 Å². The smallest absolute Gasteiger partial charge is 0.368 e. The monoisotopic (exact) mass is 353 g/mol. The van der Waals surface area contributed by atoms with Gasteiger partial charge in [-0.05, 0) is 24.3 Å². The van der Waals surface area contributed by atoms with Gasteiger partial charge in [-0.3, -0.25) is 10.1 Å². The van der Waals surface area contributed by atoms with Gasteiger partial charge in [-0.2, -0.15) is 13.2 Å². The van der Waals surface area contributed by atoms with Gasteiger partial charge in [0.15, 0.2) is 11.5 Å². The van der Waals surface area contributed by atoms with Crippen molar-refractivity contribution in [2.75, 3.05) is 36.0 Å². The van der Waals surface area contributed by atoms with E-state index in [1.807, 2.05) is 4.90 Å². The Morgan fingerprint density at radius 3 is 2.00 bits per heavy atom. The summed E-state index contributed by atoms with van der Waals surface area (Å²) in [5.74, 6) is 0.399. The number of benzene rings is 1. The second kappa shape index (κ2) is 6.54. The van der Waals surface area contributed by atoms with E-state index in [9.17, 15) is 23.3 Å². The minimum atomic E-state index is -4.50. The molecule has 0 aliphatic carbocycles. The highest BCUT2D eigenvalue weighted by atomic mass is 19.4. The number of rotatable bonds is 3. The quantitative estimate of drug-likeness (QED) is 0.624. The molecule has 0 bridgehead atoms. The number of piperazine rings is 1. The van der Waals surface area contributed by atoms with Crippen LogP contribution in [0.15, 0.2) is 36.4 Å². The normalized spacial score (nSPS) is 15.3. The number of non-ortho nitro benzene ring substituents is 1. The van der Waals surface area contributed by atoms with Gasteiger partial charge in [-0.15, -0.1) is 10.2 Å². The van der Waals surface area contributed by atoms with Crippen LogP contribution in [0.4, 0.5) is 30.4 Å². The van der Waals surface area contributed by atoms with Crippen LogP contribution in [0, 0.1) is 10.1 Å². The molecule has 1 aliphatic heterocycles. The van der Waals surface area contributed by atoms with Gasteiger partial charge in [0.2, 0.25) is 0 Å². The number of alkyl halides is 3. The SMILES string of the molecule is O=[N+]([O-])c1ccc(N2CCN(c3ccc(C(F)(F)F)nn3)CC2)cc1. The number of nitro groups is 1. The van der Waals surface area contributed by atoms with Gasteiger partial charge in [-0.1, -0.05) is 0 Å². The van der Waals surface area contributed by atoms with Crippen molar-refractivity contribution in [2.45, 2.75) is 6.18 Å². The van der Waals surface area contributed by atoms with E-state index in [1.54, 1.807) is 12.1 Å². The predicted octanol–water partition coefficient (Wildman–Crippen LogP) is 2.73. The van der Waals surface area contributed by atoms with Crippen LogP contribution in [-0.2, 0) is 6.18 Å². The fraction of sp³-hybridized carbons (Fsp3) is 0.333. The highest BCUT2D eigenvalue weighted by molar-refractivity contribution is 5.52. The molecule has 1 aliphatic rings. The second-order valence-corrected chi connectivity index (χ2v) is 5.52. The Labute approximate surface area is 140 Å². The van der Waals surface area contributed by atoms with Crippen LogP contribution in [0.2, 0.25) is 0 Å². The minimum Gasteiger partial charge on any atom is -0.368 e. The number of anilines is 2. The summed E-state index contributed by atoms with van der Waals surface area (Å²) in [5, 5.41) is 17.6. The Hall–Kier alpha value is -2.91. The van der Waals surface area contributed by atoms with Crippen molar-refractivity contribution >= 4 is 17.2 Å². The van der Waals surface area contributed by atoms with E-state index in [1.165, 1.54) is 18.2 Å². The second-order valence-electron chi connectivity index (χ2n) is 5.52. The maximum absolute atomic E-state index is 12.5. The summed E-state index contributed by atoms with van der Waals surface area (Å²) in [6, 6.07) is 8.51. The molecule has 25 heavy (non-hydrogen) atoms. The van der Waals surface area contributed by atoms with E-state index in [0.717, 1.165) is 11.8 Å². The first-order valence-corrected chi connectivity index (χ1v) is 7.50. The van der Waals surface area contributed by atoms with Crippen molar-refractivity contribution in [3.63, 3.8) is 0 Å². The van der Waals surface area contributed by atoms with Crippen LogP contribution in [0.3, 0.4) is 0 Å². The molecule has 0 atom stereocenters. The summed E-state index contributed by atoms with van der Waals surface area (Å²) >= 11 is 0. The van der Waals surface area contributed by atoms with Gasteiger partial charge in [0.1, 0.15) is 0 Å². The maximum Gasteiger partial charge on any atom is 0.435 e. The molecular formula is C15H14F3N5O2. The van der Waals surface area contributed by atoms with Crippen LogP contribution < -0.4 is 9.80 Å². The largest absolute Gasteiger partial charge is 0.435 e. The topological polar surface area (TPSA) is 75.4 Å². The lowest BCUT2D eigenvalue weighted by Gasteiger charge is -2.36. The molecular weight excluding hydrogens is 339 g/mol. The van der Waals surface area contributed by atoms with Gasteiger partial charge < -0.3 is 9.80 Å². The molecule has 2 heterocycles. The van der Waals surface area contributed by atoms with Crippen LogP contribution in [-0.4, -0.2) is 41.3 Å². The number of halogens is 3. The molecule has 0 unspecified atom stereocenters. The third-order valence-electron chi connectivity index (χ3n) is 3.97. The number of nitrogens with zero attached hydrogens (tertiary/aromatic N) is 5. The lowest BCUT2D eigenvalue weighted by atomic mass is 10.2. The zero-order chi connectivity index (χ0) is 18.0. The van der Waals surface area contributed by atoms with E-state index in [0.29, 0.717) is 32.0 Å². The molecule has 2 aromatic rings. The van der Waals surface area contributed by atoms with Crippen LogP contribution >= 0.6 is 0 Å². The van der Waals surface area contributed by atoms with Crippen LogP contribution in [0.1, 0.15) is 5.69 Å². The number of hydrogen-bond donors (Lipinski definition) is 0. The van der Waals surface area contributed by atoms with Crippen molar-refractivity contribution in [1.29, 1.82) is 0 Å². The van der Waals surface area contributed by atoms with Crippen molar-refractivity contribution in [2.24, 2.45) is 0 Å². The predicted molar refractivity (Wildman–Crippen MR) is 84.6 cm³/mol. The van der Waals surface area contributed by atoms with E-state index in [4.69, 9.17) is 0 Å². The van der Waals surface area contributed by atoms with Gasteiger partial charge in [0, 0.05) is 44.0 Å². The number of nitro benzene ring substituents is 1. The van der Waals surface area contributed by atoms with E-state index in [2.05, 4.69) is 15.1 Å². The van der Waals surface area contributed by atoms with Crippen LogP contribution in [0.25, 0.3) is 0 Å². The molecule has 0 amide bonds. The fourth-order valence-electron chi connectivity index (χ4n) is 2.62. The van der Waals surface area contributed by atoms with Crippen molar-refractivity contribution in [3.05, 3.63) is 52.2 Å². The Morgan fingerprint density at radius 1 is 0.920 bits per heavy atom. The average molecular weight is 353 g/mol. The third kappa shape index (κ3) is 3.78. The van der Waals surface area contributed by atoms with E-state index >= 15 is 0 Å². The Bertz CT molecular complexity index is 741. The molecule has 1 aromatic heterocycles. The number of aromatic nitrogens is 2. The van der Waals surface area contributed by atoms with Crippen molar-refractivity contribution in [3.8, 4) is 0 Å². The Morgan fingerprint density at radius 2 is 1.52 bits per heavy atom. The first kappa shape index (κ1) is 16.9. The first-order valence-electron chi connectivity index (χ1n) is 7.50. The molecule has 1 saturated heterocycles. The fourth-order valence-corrected chi connectivity index (χ4v) is 2.62. The summed E-state index contributed by atoms with van der Waals surface area (Å²) in [4.78, 5) is 14.1. The summed E-state index contributed by atoms with van der Waals surface area (Å²) < 4.78 is 37.5. The minimum absolute atomic E-state index is 0.0300. The molecule has 10 heteroatoms. The maximum atomic E-state index is 12.5. The molecule has 0 spiro atoms. The zero-order valence-electron chi connectivity index (χ0n) is 13.0. The van der Waals surface area contributed by atoms with E-state index in [-0.39, 0.29) is 5.69 Å². The van der Waals surface area contributed by atoms with Crippen LogP contribution in [0.5, 0.6) is 0 Å². The molecule has 0 radical (unpaired) electrons. The third-order valence-corrected chi connectivity index (χ3v) is 3.97. The lowest BCUT2D eigenvalue weighted by Crippen LogP contribution is -2.46. The lowest BCUT2D eigenvalue weighted by molar-refractivity contribution is -0.384. The van der Waals surface area contributed by atoms with Gasteiger partial charge in [-0.25, -0.2) is 0 Å². The zero-order valence-corrected chi connectivity index (χ0v) is 13.0. The van der Waals surface area contributed by atoms with Gasteiger partial charge in [0.25, 0.3) is 5.69 Å². The number of hydrogen-bond acceptors (Lipinski definition) is 6. The summed E-state index contributed by atoms with van der Waals surface area (Å²) in [5.41, 5.74) is -0.119. The van der Waals surface area contributed by atoms with Crippen molar-refractivity contribution < 1.29 is 18.1 Å². The van der Waals surface area contributed by atoms with E-state index < -0.39 is 16.8 Å². The molecule has 0 saturated carbocycles.